The average molecular weight is 1520 g/mol. The van der Waals surface area contributed by atoms with E-state index in [-0.39, 0.29) is 25.7 Å². The molecule has 3 N–H and O–H groups in total. The van der Waals surface area contributed by atoms with Crippen molar-refractivity contribution >= 4 is 39.5 Å². The normalized spacial score (nSPS) is 14.4. The summed E-state index contributed by atoms with van der Waals surface area (Å²) in [5.41, 5.74) is 0. The Morgan fingerprint density at radius 1 is 0.269 bits per heavy atom. The van der Waals surface area contributed by atoms with Crippen LogP contribution in [0.15, 0.2) is 0 Å². The Morgan fingerprint density at radius 3 is 0.683 bits per heavy atom. The molecule has 0 bridgehead atoms. The number of aliphatic hydroxyl groups is 1. The summed E-state index contributed by atoms with van der Waals surface area (Å²) in [5.74, 6) is -0.523. The molecule has 0 spiro atoms. The van der Waals surface area contributed by atoms with E-state index in [9.17, 15) is 43.2 Å². The van der Waals surface area contributed by atoms with E-state index in [2.05, 4.69) is 41.5 Å². The lowest BCUT2D eigenvalue weighted by Gasteiger charge is -2.21. The van der Waals surface area contributed by atoms with Crippen molar-refractivity contribution in [3.8, 4) is 0 Å². The minimum absolute atomic E-state index is 0.108. The Kier molecular flexibility index (Phi) is 75.0. The topological polar surface area (TPSA) is 237 Å². The molecule has 17 nitrogen and oxygen atoms in total. The number of carbonyl (C=O) groups excluding carboxylic acids is 4. The van der Waals surface area contributed by atoms with Crippen molar-refractivity contribution in [2.24, 2.45) is 11.8 Å². The SMILES string of the molecule is CCCCCCCCCCCCCCCCCCCCCC(=O)O[C@H](COC(=O)CCCCCCCCCCCCCCCCC(C)CC)COP(=O)(O)OC[C@@H](O)COP(=O)(O)OC[C@@H](COC(=O)CCCCCCCCC(C)CC)OC(=O)CCCCCCCCCCCCCCCCCCC. The van der Waals surface area contributed by atoms with Crippen LogP contribution in [0.25, 0.3) is 0 Å². The Balaban J connectivity index is 5.24. The standard InChI is InChI=1S/C85H166O17P2/c1-7-11-13-15-17-19-21-23-25-27-28-30-32-38-42-46-50-58-63-69-84(89)101-80(73-95-82(87)67-61-55-48-44-40-36-34-33-35-39-43-47-53-59-65-77(5)9-3)75-99-103(91,92)97-71-79(86)72-98-104(93,94)100-76-81(74-96-83(88)68-62-56-52-51-54-60-66-78(6)10-4)102-85(90)70-64-57-49-45-41-37-31-29-26-24-22-20-18-16-14-12-8-2/h77-81,86H,7-76H2,1-6H3,(H,91,92)(H,93,94)/t77?,78?,79-,80-,81-/m1/s1. The molecule has 19 heteroatoms. The Morgan fingerprint density at radius 2 is 0.462 bits per heavy atom. The molecule has 0 aliphatic carbocycles. The molecule has 0 aromatic rings. The van der Waals surface area contributed by atoms with Crippen LogP contribution in [0.2, 0.25) is 0 Å². The van der Waals surface area contributed by atoms with Crippen LogP contribution in [0.3, 0.4) is 0 Å². The molecule has 0 radical (unpaired) electrons. The largest absolute Gasteiger partial charge is 0.472 e. The van der Waals surface area contributed by atoms with Gasteiger partial charge in [0.2, 0.25) is 0 Å². The number of carbonyl (C=O) groups is 4. The number of aliphatic hydroxyl groups excluding tert-OH is 1. The summed E-state index contributed by atoms with van der Waals surface area (Å²) >= 11 is 0. The molecule has 0 fully saturated rings. The van der Waals surface area contributed by atoms with Gasteiger partial charge in [-0.3, -0.25) is 37.3 Å². The number of ether oxygens (including phenoxy) is 4. The fourth-order valence-electron chi connectivity index (χ4n) is 13.2. The second-order valence-corrected chi connectivity index (χ2v) is 34.0. The Bertz CT molecular complexity index is 2000. The summed E-state index contributed by atoms with van der Waals surface area (Å²) in [6.45, 7) is 9.68. The molecular weight excluding hydrogens is 1350 g/mol. The summed E-state index contributed by atoms with van der Waals surface area (Å²) < 4.78 is 68.9. The van der Waals surface area contributed by atoms with E-state index in [4.69, 9.17) is 37.0 Å². The number of esters is 4. The molecule has 0 aromatic heterocycles. The smallest absolute Gasteiger partial charge is 0.462 e. The first-order chi connectivity index (χ1) is 50.4. The van der Waals surface area contributed by atoms with Crippen molar-refractivity contribution in [1.82, 2.24) is 0 Å². The van der Waals surface area contributed by atoms with Gasteiger partial charge in [0.25, 0.3) is 0 Å². The van der Waals surface area contributed by atoms with Crippen molar-refractivity contribution in [3.05, 3.63) is 0 Å². The van der Waals surface area contributed by atoms with Crippen LogP contribution in [-0.2, 0) is 65.4 Å². The third-order valence-corrected chi connectivity index (χ3v) is 22.6. The van der Waals surface area contributed by atoms with Crippen molar-refractivity contribution in [3.63, 3.8) is 0 Å². The number of unbranched alkanes of at least 4 members (excludes halogenated alkanes) is 52. The van der Waals surface area contributed by atoms with Crippen LogP contribution in [-0.4, -0.2) is 96.7 Å². The predicted octanol–water partition coefficient (Wildman–Crippen LogP) is 25.8. The third kappa shape index (κ3) is 75.5. The summed E-state index contributed by atoms with van der Waals surface area (Å²) in [5, 5.41) is 10.7. The molecule has 0 amide bonds. The summed E-state index contributed by atoms with van der Waals surface area (Å²) in [6, 6.07) is 0. The van der Waals surface area contributed by atoms with Gasteiger partial charge in [0.05, 0.1) is 26.4 Å². The van der Waals surface area contributed by atoms with Gasteiger partial charge in [-0.25, -0.2) is 9.13 Å². The lowest BCUT2D eigenvalue weighted by Crippen LogP contribution is -2.30. The van der Waals surface area contributed by atoms with Crippen molar-refractivity contribution < 1.29 is 80.2 Å². The molecule has 0 saturated carbocycles. The molecule has 618 valence electrons. The van der Waals surface area contributed by atoms with E-state index < -0.39 is 97.5 Å². The summed E-state index contributed by atoms with van der Waals surface area (Å²) in [6.07, 6.45) is 68.0. The highest BCUT2D eigenvalue weighted by Gasteiger charge is 2.30. The molecule has 0 heterocycles. The van der Waals surface area contributed by atoms with E-state index in [0.717, 1.165) is 108 Å². The molecule has 0 saturated heterocycles. The van der Waals surface area contributed by atoms with Gasteiger partial charge in [0.1, 0.15) is 19.3 Å². The first kappa shape index (κ1) is 102. The Hall–Kier alpha value is -1.94. The highest BCUT2D eigenvalue weighted by molar-refractivity contribution is 7.47. The molecule has 4 unspecified atom stereocenters. The van der Waals surface area contributed by atoms with Gasteiger partial charge in [-0.05, 0) is 37.5 Å². The zero-order valence-corrected chi connectivity index (χ0v) is 70.1. The van der Waals surface area contributed by atoms with E-state index >= 15 is 0 Å². The van der Waals surface area contributed by atoms with Crippen molar-refractivity contribution in [1.29, 1.82) is 0 Å². The zero-order valence-electron chi connectivity index (χ0n) is 68.3. The van der Waals surface area contributed by atoms with Gasteiger partial charge >= 0.3 is 39.5 Å². The van der Waals surface area contributed by atoms with E-state index in [1.54, 1.807) is 0 Å². The minimum Gasteiger partial charge on any atom is -0.462 e. The van der Waals surface area contributed by atoms with E-state index in [1.807, 2.05) is 0 Å². The minimum atomic E-state index is -4.97. The van der Waals surface area contributed by atoms with Crippen molar-refractivity contribution in [2.45, 2.75) is 471 Å². The number of phosphoric acid groups is 2. The van der Waals surface area contributed by atoms with Crippen LogP contribution >= 0.6 is 15.6 Å². The number of rotatable bonds is 84. The van der Waals surface area contributed by atoms with E-state index in [0.29, 0.717) is 25.7 Å². The summed E-state index contributed by atoms with van der Waals surface area (Å²) in [7, 11) is -9.93. The summed E-state index contributed by atoms with van der Waals surface area (Å²) in [4.78, 5) is 73.2. The maximum Gasteiger partial charge on any atom is 0.472 e. The Labute approximate surface area is 638 Å². The van der Waals surface area contributed by atoms with Crippen LogP contribution in [0.4, 0.5) is 0 Å². The second kappa shape index (κ2) is 76.4. The first-order valence-corrected chi connectivity index (χ1v) is 47.1. The van der Waals surface area contributed by atoms with Gasteiger partial charge in [-0.1, -0.05) is 401 Å². The zero-order chi connectivity index (χ0) is 76.4. The number of hydrogen-bond donors (Lipinski definition) is 3. The lowest BCUT2D eigenvalue weighted by molar-refractivity contribution is -0.161. The van der Waals surface area contributed by atoms with Gasteiger partial charge < -0.3 is 33.8 Å². The van der Waals surface area contributed by atoms with Gasteiger partial charge in [-0.2, -0.15) is 0 Å². The number of hydrogen-bond acceptors (Lipinski definition) is 15. The highest BCUT2D eigenvalue weighted by atomic mass is 31.2. The molecule has 0 aromatic carbocycles. The number of phosphoric ester groups is 2. The van der Waals surface area contributed by atoms with Crippen LogP contribution in [0.5, 0.6) is 0 Å². The average Bonchev–Trinajstić information content (AvgIpc) is 0.947. The quantitative estimate of drug-likeness (QED) is 0.0222. The van der Waals surface area contributed by atoms with Crippen molar-refractivity contribution in [2.75, 3.05) is 39.6 Å². The molecule has 0 aliphatic heterocycles. The van der Waals surface area contributed by atoms with Gasteiger partial charge in [0, 0.05) is 25.7 Å². The molecule has 0 aliphatic rings. The highest BCUT2D eigenvalue weighted by Crippen LogP contribution is 2.45. The molecule has 104 heavy (non-hydrogen) atoms. The molecular formula is C85H166O17P2. The monoisotopic (exact) mass is 1520 g/mol. The predicted molar refractivity (Wildman–Crippen MR) is 428 cm³/mol. The fourth-order valence-corrected chi connectivity index (χ4v) is 14.8. The fraction of sp³-hybridized carbons (Fsp3) is 0.953. The van der Waals surface area contributed by atoms with Crippen LogP contribution < -0.4 is 0 Å². The first-order valence-electron chi connectivity index (χ1n) is 44.1. The second-order valence-electron chi connectivity index (χ2n) is 31.1. The molecule has 7 atom stereocenters. The lowest BCUT2D eigenvalue weighted by atomic mass is 9.99. The van der Waals surface area contributed by atoms with Gasteiger partial charge in [0.15, 0.2) is 12.2 Å². The maximum absolute atomic E-state index is 13.1. The van der Waals surface area contributed by atoms with E-state index in [1.165, 1.54) is 263 Å². The van der Waals surface area contributed by atoms with Gasteiger partial charge in [-0.15, -0.1) is 0 Å². The third-order valence-electron chi connectivity index (χ3n) is 20.7. The van der Waals surface area contributed by atoms with Crippen LogP contribution in [0.1, 0.15) is 452 Å². The van der Waals surface area contributed by atoms with Crippen LogP contribution in [0, 0.1) is 11.8 Å². The maximum atomic E-state index is 13.1. The molecule has 0 rings (SSSR count).